The summed E-state index contributed by atoms with van der Waals surface area (Å²) in [6.45, 7) is 1.63. The summed E-state index contributed by atoms with van der Waals surface area (Å²) >= 11 is 5.89. The molecule has 5 nitrogen and oxygen atoms in total. The molecule has 0 bridgehead atoms. The van der Waals surface area contributed by atoms with E-state index in [0.29, 0.717) is 5.69 Å². The summed E-state index contributed by atoms with van der Waals surface area (Å²) in [5.41, 5.74) is 0.591. The van der Waals surface area contributed by atoms with Crippen LogP contribution in [-0.4, -0.2) is 21.0 Å². The zero-order valence-electron chi connectivity index (χ0n) is 9.82. The van der Waals surface area contributed by atoms with Crippen molar-refractivity contribution in [2.24, 2.45) is 0 Å². The van der Waals surface area contributed by atoms with Crippen LogP contribution in [0, 0.1) is 12.7 Å². The Morgan fingerprint density at radius 2 is 2.11 bits per heavy atom. The van der Waals surface area contributed by atoms with E-state index in [1.165, 1.54) is 24.3 Å². The maximum atomic E-state index is 13.1. The first-order chi connectivity index (χ1) is 8.95. The normalized spacial score (nSPS) is 10.3. The Bertz CT molecular complexity index is 649. The van der Waals surface area contributed by atoms with E-state index in [-0.39, 0.29) is 22.4 Å². The number of anilines is 2. The second kappa shape index (κ2) is 5.19. The minimum Gasteiger partial charge on any atom is -0.477 e. The molecule has 98 valence electrons. The number of carboxylic acids is 1. The number of carboxylic acid groups (broad SMARTS) is 1. The first-order valence-electron chi connectivity index (χ1n) is 5.27. The van der Waals surface area contributed by atoms with Crippen LogP contribution in [0.3, 0.4) is 0 Å². The lowest BCUT2D eigenvalue weighted by molar-refractivity contribution is 0.0690. The molecule has 0 radical (unpaired) electrons. The van der Waals surface area contributed by atoms with E-state index in [0.717, 1.165) is 0 Å². The van der Waals surface area contributed by atoms with Crippen LogP contribution in [0.25, 0.3) is 0 Å². The van der Waals surface area contributed by atoms with Crippen molar-refractivity contribution < 1.29 is 14.3 Å². The Labute approximate surface area is 113 Å². The number of nitrogens with one attached hydrogen (secondary N) is 1. The molecule has 1 aromatic carbocycles. The van der Waals surface area contributed by atoms with Gasteiger partial charge in [-0.15, -0.1) is 0 Å². The summed E-state index contributed by atoms with van der Waals surface area (Å²) in [6, 6.07) is 5.11. The first-order valence-corrected chi connectivity index (χ1v) is 5.64. The van der Waals surface area contributed by atoms with Gasteiger partial charge in [-0.1, -0.05) is 11.6 Å². The van der Waals surface area contributed by atoms with Gasteiger partial charge < -0.3 is 10.4 Å². The quantitative estimate of drug-likeness (QED) is 0.904. The third kappa shape index (κ3) is 3.17. The van der Waals surface area contributed by atoms with Crippen molar-refractivity contribution in [1.82, 2.24) is 9.97 Å². The highest BCUT2D eigenvalue weighted by molar-refractivity contribution is 6.33. The summed E-state index contributed by atoms with van der Waals surface area (Å²) in [7, 11) is 0. The van der Waals surface area contributed by atoms with Crippen molar-refractivity contribution >= 4 is 29.2 Å². The molecule has 19 heavy (non-hydrogen) atoms. The number of aromatic nitrogens is 2. The largest absolute Gasteiger partial charge is 0.477 e. The number of benzene rings is 1. The number of hydrogen-bond donors (Lipinski definition) is 2. The van der Waals surface area contributed by atoms with Crippen LogP contribution in [0.2, 0.25) is 5.02 Å². The summed E-state index contributed by atoms with van der Waals surface area (Å²) in [6.07, 6.45) is 0. The predicted molar refractivity (Wildman–Crippen MR) is 68.4 cm³/mol. The molecule has 0 aliphatic rings. The van der Waals surface area contributed by atoms with Crippen LogP contribution in [0.4, 0.5) is 16.0 Å². The molecule has 1 aromatic heterocycles. The van der Waals surface area contributed by atoms with Gasteiger partial charge in [-0.3, -0.25) is 0 Å². The van der Waals surface area contributed by atoms with E-state index >= 15 is 0 Å². The van der Waals surface area contributed by atoms with Gasteiger partial charge in [-0.2, -0.15) is 0 Å². The van der Waals surface area contributed by atoms with Crippen LogP contribution in [0.15, 0.2) is 24.3 Å². The smallest absolute Gasteiger partial charge is 0.354 e. The molecule has 0 atom stereocenters. The van der Waals surface area contributed by atoms with Crippen molar-refractivity contribution in [3.8, 4) is 0 Å². The Hall–Kier alpha value is -2.21. The number of hydrogen-bond acceptors (Lipinski definition) is 4. The van der Waals surface area contributed by atoms with E-state index in [9.17, 15) is 9.18 Å². The van der Waals surface area contributed by atoms with Crippen LogP contribution in [-0.2, 0) is 0 Å². The molecule has 2 rings (SSSR count). The molecule has 0 fully saturated rings. The molecule has 0 aliphatic heterocycles. The fraction of sp³-hybridized carbons (Fsp3) is 0.0833. The minimum absolute atomic E-state index is 0.0462. The Morgan fingerprint density at radius 3 is 2.79 bits per heavy atom. The number of nitrogens with zero attached hydrogens (tertiary/aromatic N) is 2. The Morgan fingerprint density at radius 1 is 1.37 bits per heavy atom. The standard InChI is InChI=1S/C12H9ClFN3O2/c1-6-4-10(11(18)19)17-12(15-6)16-9-5-7(14)2-3-8(9)13/h2-5H,1H3,(H,18,19)(H,15,16,17). The van der Waals surface area contributed by atoms with Gasteiger partial charge in [0, 0.05) is 5.69 Å². The minimum atomic E-state index is -1.17. The van der Waals surface area contributed by atoms with Gasteiger partial charge in [0.2, 0.25) is 5.95 Å². The van der Waals surface area contributed by atoms with E-state index in [1.54, 1.807) is 6.92 Å². The molecule has 0 amide bonds. The fourth-order valence-corrected chi connectivity index (χ4v) is 1.61. The van der Waals surface area contributed by atoms with Gasteiger partial charge in [0.1, 0.15) is 5.82 Å². The lowest BCUT2D eigenvalue weighted by atomic mass is 10.3. The number of halogens is 2. The summed E-state index contributed by atoms with van der Waals surface area (Å²) < 4.78 is 13.1. The van der Waals surface area contributed by atoms with Crippen LogP contribution in [0.5, 0.6) is 0 Å². The van der Waals surface area contributed by atoms with Gasteiger partial charge >= 0.3 is 5.97 Å². The Kier molecular flexibility index (Phi) is 3.62. The summed E-state index contributed by atoms with van der Waals surface area (Å²) in [4.78, 5) is 18.7. The molecular weight excluding hydrogens is 273 g/mol. The Balaban J connectivity index is 2.38. The number of rotatable bonds is 3. The average Bonchev–Trinajstić information content (AvgIpc) is 2.33. The molecule has 2 N–H and O–H groups in total. The topological polar surface area (TPSA) is 75.1 Å². The second-order valence-corrected chi connectivity index (χ2v) is 4.18. The zero-order valence-corrected chi connectivity index (χ0v) is 10.6. The average molecular weight is 282 g/mol. The number of aryl methyl sites for hydroxylation is 1. The second-order valence-electron chi connectivity index (χ2n) is 3.77. The SMILES string of the molecule is Cc1cc(C(=O)O)nc(Nc2cc(F)ccc2Cl)n1. The molecule has 0 saturated carbocycles. The maximum Gasteiger partial charge on any atom is 0.354 e. The number of carbonyl (C=O) groups is 1. The van der Waals surface area contributed by atoms with Crippen LogP contribution >= 0.6 is 11.6 Å². The maximum absolute atomic E-state index is 13.1. The van der Waals surface area contributed by atoms with Crippen molar-refractivity contribution in [2.45, 2.75) is 6.92 Å². The van der Waals surface area contributed by atoms with Gasteiger partial charge in [-0.25, -0.2) is 19.2 Å². The molecule has 0 unspecified atom stereocenters. The van der Waals surface area contributed by atoms with Crippen molar-refractivity contribution in [2.75, 3.05) is 5.32 Å². The van der Waals surface area contributed by atoms with Gasteiger partial charge in [-0.05, 0) is 31.2 Å². The van der Waals surface area contributed by atoms with Gasteiger partial charge in [0.15, 0.2) is 5.69 Å². The summed E-state index contributed by atoms with van der Waals surface area (Å²) in [5.74, 6) is -1.60. The van der Waals surface area contributed by atoms with Crippen molar-refractivity contribution in [1.29, 1.82) is 0 Å². The first kappa shape index (κ1) is 13.2. The van der Waals surface area contributed by atoms with E-state index in [4.69, 9.17) is 16.7 Å². The van der Waals surface area contributed by atoms with Crippen LogP contribution in [0.1, 0.15) is 16.2 Å². The molecule has 7 heteroatoms. The third-order valence-corrected chi connectivity index (χ3v) is 2.58. The van der Waals surface area contributed by atoms with Crippen molar-refractivity contribution in [3.63, 3.8) is 0 Å². The number of aromatic carboxylic acids is 1. The molecule has 2 aromatic rings. The molecule has 0 spiro atoms. The lowest BCUT2D eigenvalue weighted by Gasteiger charge is -2.08. The van der Waals surface area contributed by atoms with E-state index in [2.05, 4.69) is 15.3 Å². The highest BCUT2D eigenvalue weighted by atomic mass is 35.5. The highest BCUT2D eigenvalue weighted by Gasteiger charge is 2.10. The summed E-state index contributed by atoms with van der Waals surface area (Å²) in [5, 5.41) is 11.9. The molecular formula is C12H9ClFN3O2. The van der Waals surface area contributed by atoms with Gasteiger partial charge in [0.05, 0.1) is 10.7 Å². The van der Waals surface area contributed by atoms with Crippen LogP contribution < -0.4 is 5.32 Å². The monoisotopic (exact) mass is 281 g/mol. The zero-order chi connectivity index (χ0) is 14.0. The fourth-order valence-electron chi connectivity index (χ4n) is 1.45. The van der Waals surface area contributed by atoms with E-state index < -0.39 is 11.8 Å². The predicted octanol–water partition coefficient (Wildman–Crippen LogP) is 3.02. The molecule has 1 heterocycles. The van der Waals surface area contributed by atoms with Gasteiger partial charge in [0.25, 0.3) is 0 Å². The molecule has 0 saturated heterocycles. The molecule has 0 aliphatic carbocycles. The van der Waals surface area contributed by atoms with Crippen molar-refractivity contribution in [3.05, 3.63) is 46.5 Å². The van der Waals surface area contributed by atoms with E-state index in [1.807, 2.05) is 0 Å². The highest BCUT2D eigenvalue weighted by Crippen LogP contribution is 2.24. The third-order valence-electron chi connectivity index (χ3n) is 2.25. The lowest BCUT2D eigenvalue weighted by Crippen LogP contribution is -2.06.